The zero-order valence-corrected chi connectivity index (χ0v) is 13.1. The minimum atomic E-state index is -0.969. The number of carbonyl (C=O) groups is 1. The third-order valence-electron chi connectivity index (χ3n) is 3.31. The Morgan fingerprint density at radius 3 is 2.50 bits per heavy atom. The summed E-state index contributed by atoms with van der Waals surface area (Å²) in [5.41, 5.74) is 0.235. The molecular weight excluding hydrogens is 256 g/mol. The summed E-state index contributed by atoms with van der Waals surface area (Å²) < 4.78 is 4.59. The Labute approximate surface area is 122 Å². The third-order valence-corrected chi connectivity index (χ3v) is 3.31. The van der Waals surface area contributed by atoms with Gasteiger partial charge < -0.3 is 14.9 Å². The van der Waals surface area contributed by atoms with Crippen molar-refractivity contribution in [2.75, 3.05) is 7.11 Å². The molecule has 0 aromatic carbocycles. The fraction of sp³-hybridized carbons (Fsp3) is 0.688. The molecule has 4 nitrogen and oxygen atoms in total. The number of carbonyl (C=O) groups excluding carboxylic acids is 1. The molecular formula is C16H28O4. The number of rotatable bonds is 9. The molecule has 0 aliphatic heterocycles. The van der Waals surface area contributed by atoms with Gasteiger partial charge in [-0.15, -0.1) is 6.58 Å². The van der Waals surface area contributed by atoms with Crippen molar-refractivity contribution in [3.8, 4) is 0 Å². The van der Waals surface area contributed by atoms with Crippen LogP contribution in [0.3, 0.4) is 0 Å². The fourth-order valence-corrected chi connectivity index (χ4v) is 2.03. The van der Waals surface area contributed by atoms with Crippen molar-refractivity contribution in [3.63, 3.8) is 0 Å². The highest BCUT2D eigenvalue weighted by Gasteiger charge is 2.28. The fourth-order valence-electron chi connectivity index (χ4n) is 2.03. The smallest absolute Gasteiger partial charge is 0.306 e. The molecule has 0 aromatic heterocycles. The largest absolute Gasteiger partial charge is 0.469 e. The second kappa shape index (κ2) is 8.93. The molecule has 0 rings (SSSR count). The van der Waals surface area contributed by atoms with Crippen molar-refractivity contribution in [2.45, 2.75) is 58.2 Å². The average molecular weight is 284 g/mol. The maximum Gasteiger partial charge on any atom is 0.306 e. The van der Waals surface area contributed by atoms with Crippen LogP contribution in [0.5, 0.6) is 0 Å². The first kappa shape index (κ1) is 18.9. The number of hydrogen-bond donors (Lipinski definition) is 2. The van der Waals surface area contributed by atoms with Crippen LogP contribution in [0.1, 0.15) is 46.5 Å². The molecule has 0 saturated heterocycles. The molecule has 0 amide bonds. The van der Waals surface area contributed by atoms with Gasteiger partial charge in [0.1, 0.15) is 0 Å². The van der Waals surface area contributed by atoms with Crippen molar-refractivity contribution < 1.29 is 19.7 Å². The van der Waals surface area contributed by atoms with Gasteiger partial charge in [0, 0.05) is 12.3 Å². The number of aliphatic hydroxyl groups is 2. The highest BCUT2D eigenvalue weighted by molar-refractivity contribution is 5.69. The van der Waals surface area contributed by atoms with Crippen LogP contribution in [0, 0.1) is 5.92 Å². The van der Waals surface area contributed by atoms with Gasteiger partial charge in [-0.3, -0.25) is 4.79 Å². The van der Waals surface area contributed by atoms with Gasteiger partial charge in [-0.05, 0) is 33.6 Å². The molecule has 4 heteroatoms. The number of ether oxygens (including phenoxy) is 1. The lowest BCUT2D eigenvalue weighted by Gasteiger charge is -2.28. The van der Waals surface area contributed by atoms with Gasteiger partial charge in [0.2, 0.25) is 0 Å². The van der Waals surface area contributed by atoms with E-state index in [1.165, 1.54) is 18.8 Å². The first-order valence-electron chi connectivity index (χ1n) is 6.95. The normalized spacial score (nSPS) is 16.7. The Morgan fingerprint density at radius 2 is 2.05 bits per heavy atom. The zero-order valence-electron chi connectivity index (χ0n) is 13.1. The lowest BCUT2D eigenvalue weighted by Crippen LogP contribution is -2.34. The van der Waals surface area contributed by atoms with Gasteiger partial charge in [0.15, 0.2) is 0 Å². The predicted octanol–water partition coefficient (Wildman–Crippen LogP) is 2.60. The highest BCUT2D eigenvalue weighted by Crippen LogP contribution is 2.25. The van der Waals surface area contributed by atoms with Crippen LogP contribution in [-0.4, -0.2) is 35.0 Å². The second-order valence-corrected chi connectivity index (χ2v) is 5.77. The monoisotopic (exact) mass is 284 g/mol. The van der Waals surface area contributed by atoms with Gasteiger partial charge in [-0.1, -0.05) is 17.7 Å². The summed E-state index contributed by atoms with van der Waals surface area (Å²) in [6.07, 6.45) is 4.39. The standard InChI is InChI=1S/C16H28O4/c1-6-13(10-15(18)20-5)14(17)11-16(4,19)9-7-8-12(2)3/h6,8,13-14,17,19H,1,7,9-11H2,2-5H3/t13-,14-,16+/m1/s1. The maximum atomic E-state index is 11.2. The Kier molecular flexibility index (Phi) is 8.42. The molecule has 116 valence electrons. The van der Waals surface area contributed by atoms with Crippen LogP contribution in [-0.2, 0) is 9.53 Å². The molecule has 2 N–H and O–H groups in total. The first-order chi connectivity index (χ1) is 9.21. The van der Waals surface area contributed by atoms with Gasteiger partial charge in [0.25, 0.3) is 0 Å². The molecule has 0 fully saturated rings. The van der Waals surface area contributed by atoms with Crippen LogP contribution < -0.4 is 0 Å². The lowest BCUT2D eigenvalue weighted by atomic mass is 9.86. The van der Waals surface area contributed by atoms with Crippen molar-refractivity contribution in [2.24, 2.45) is 5.92 Å². The molecule has 0 aromatic rings. The molecule has 0 radical (unpaired) electrons. The number of esters is 1. The summed E-state index contributed by atoms with van der Waals surface area (Å²) in [6.45, 7) is 9.34. The molecule has 0 aliphatic carbocycles. The maximum absolute atomic E-state index is 11.2. The zero-order chi connectivity index (χ0) is 15.8. The van der Waals surface area contributed by atoms with Crippen LogP contribution in [0.4, 0.5) is 0 Å². The van der Waals surface area contributed by atoms with Crippen LogP contribution in [0.25, 0.3) is 0 Å². The van der Waals surface area contributed by atoms with Crippen LogP contribution in [0.2, 0.25) is 0 Å². The number of allylic oxidation sites excluding steroid dienone is 2. The lowest BCUT2D eigenvalue weighted by molar-refractivity contribution is -0.142. The summed E-state index contributed by atoms with van der Waals surface area (Å²) in [7, 11) is 1.31. The van der Waals surface area contributed by atoms with E-state index >= 15 is 0 Å². The van der Waals surface area contributed by atoms with Gasteiger partial charge in [0.05, 0.1) is 25.2 Å². The summed E-state index contributed by atoms with van der Waals surface area (Å²) in [5.74, 6) is -0.796. The van der Waals surface area contributed by atoms with Gasteiger partial charge in [-0.2, -0.15) is 0 Å². The van der Waals surface area contributed by atoms with Crippen molar-refractivity contribution in [1.82, 2.24) is 0 Å². The molecule has 0 aliphatic rings. The third kappa shape index (κ3) is 8.12. The summed E-state index contributed by atoms with van der Waals surface area (Å²) in [5, 5.41) is 20.4. The molecule has 0 spiro atoms. The van der Waals surface area contributed by atoms with E-state index < -0.39 is 23.6 Å². The molecule has 0 bridgehead atoms. The van der Waals surface area contributed by atoms with Crippen molar-refractivity contribution >= 4 is 5.97 Å². The number of methoxy groups -OCH3 is 1. The first-order valence-corrected chi connectivity index (χ1v) is 6.95. The number of hydrogen-bond acceptors (Lipinski definition) is 4. The highest BCUT2D eigenvalue weighted by atomic mass is 16.5. The second-order valence-electron chi connectivity index (χ2n) is 5.77. The van der Waals surface area contributed by atoms with Gasteiger partial charge in [-0.25, -0.2) is 0 Å². The van der Waals surface area contributed by atoms with Crippen molar-refractivity contribution in [1.29, 1.82) is 0 Å². The van der Waals surface area contributed by atoms with E-state index in [0.717, 1.165) is 6.42 Å². The summed E-state index contributed by atoms with van der Waals surface area (Å²) in [4.78, 5) is 11.2. The molecule has 0 heterocycles. The number of aliphatic hydroxyl groups excluding tert-OH is 1. The van der Waals surface area contributed by atoms with Crippen molar-refractivity contribution in [3.05, 3.63) is 24.3 Å². The van der Waals surface area contributed by atoms with E-state index in [0.29, 0.717) is 6.42 Å². The molecule has 0 saturated carbocycles. The molecule has 20 heavy (non-hydrogen) atoms. The van der Waals surface area contributed by atoms with E-state index in [9.17, 15) is 15.0 Å². The van der Waals surface area contributed by atoms with Crippen LogP contribution in [0.15, 0.2) is 24.3 Å². The molecule has 3 atom stereocenters. The van der Waals surface area contributed by atoms with E-state index in [4.69, 9.17) is 0 Å². The minimum Gasteiger partial charge on any atom is -0.469 e. The van der Waals surface area contributed by atoms with E-state index in [2.05, 4.69) is 17.4 Å². The summed E-state index contributed by atoms with van der Waals surface area (Å²) in [6, 6.07) is 0. The minimum absolute atomic E-state index is 0.0746. The van der Waals surface area contributed by atoms with Crippen LogP contribution >= 0.6 is 0 Å². The van der Waals surface area contributed by atoms with E-state index in [1.54, 1.807) is 6.92 Å². The quantitative estimate of drug-likeness (QED) is 0.504. The van der Waals surface area contributed by atoms with E-state index in [-0.39, 0.29) is 12.8 Å². The predicted molar refractivity (Wildman–Crippen MR) is 80.2 cm³/mol. The SMILES string of the molecule is C=C[C@H](CC(=O)OC)[C@H](O)C[C@@](C)(O)CCC=C(C)C. The van der Waals surface area contributed by atoms with E-state index in [1.807, 2.05) is 13.8 Å². The Bertz CT molecular complexity index is 340. The molecule has 0 unspecified atom stereocenters. The summed E-state index contributed by atoms with van der Waals surface area (Å²) >= 11 is 0. The average Bonchev–Trinajstić information content (AvgIpc) is 2.33. The Balaban J connectivity index is 4.45. The van der Waals surface area contributed by atoms with Gasteiger partial charge >= 0.3 is 5.97 Å². The Hall–Kier alpha value is -1.13. The Morgan fingerprint density at radius 1 is 1.45 bits per heavy atom. The topological polar surface area (TPSA) is 66.8 Å².